The molecule has 170 valence electrons. The number of hydrogen-bond donors (Lipinski definition) is 3. The van der Waals surface area contributed by atoms with Crippen LogP contribution >= 0.6 is 0 Å². The predicted octanol–water partition coefficient (Wildman–Crippen LogP) is 5.70. The van der Waals surface area contributed by atoms with Crippen LogP contribution < -0.4 is 0 Å². The van der Waals surface area contributed by atoms with Gasteiger partial charge in [-0.2, -0.15) is 0 Å². The maximum Gasteiger partial charge on any atom is 0.0811 e. The zero-order chi connectivity index (χ0) is 22.1. The summed E-state index contributed by atoms with van der Waals surface area (Å²) >= 11 is 0. The van der Waals surface area contributed by atoms with Gasteiger partial charge >= 0.3 is 0 Å². The van der Waals surface area contributed by atoms with E-state index in [1.807, 2.05) is 13.8 Å². The maximum absolute atomic E-state index is 10.1. The number of rotatable bonds is 6. The molecule has 0 aromatic carbocycles. The number of fused-ring (bicyclic) bond motifs is 1. The van der Waals surface area contributed by atoms with E-state index in [0.717, 1.165) is 29.9 Å². The largest absolute Gasteiger partial charge is 0.393 e. The van der Waals surface area contributed by atoms with E-state index in [2.05, 4.69) is 32.6 Å². The Morgan fingerprint density at radius 2 is 1.97 bits per heavy atom. The van der Waals surface area contributed by atoms with Gasteiger partial charge in [0.05, 0.1) is 17.8 Å². The lowest BCUT2D eigenvalue weighted by atomic mass is 9.60. The van der Waals surface area contributed by atoms with E-state index in [4.69, 9.17) is 0 Å². The summed E-state index contributed by atoms with van der Waals surface area (Å²) in [6.45, 7) is 12.8. The molecule has 0 heterocycles. The summed E-state index contributed by atoms with van der Waals surface area (Å²) < 4.78 is 0. The van der Waals surface area contributed by atoms with E-state index < -0.39 is 17.8 Å². The van der Waals surface area contributed by atoms with E-state index in [0.29, 0.717) is 30.1 Å². The second-order valence-electron chi connectivity index (χ2n) is 11.3. The first kappa shape index (κ1) is 23.8. The Morgan fingerprint density at radius 1 is 1.23 bits per heavy atom. The molecule has 0 radical (unpaired) electrons. The average molecular weight is 417 g/mol. The smallest absolute Gasteiger partial charge is 0.0811 e. The fourth-order valence-electron chi connectivity index (χ4n) is 6.74. The standard InChI is InChI=1S/C27H44O3/c1-18(8-6-14-26(3,4)30)23-12-13-24-20(9-7-15-27(23,24)5)10-11-21-16-22(28)17-25(29)19(21)2/h10-11,18,22-25,28-30H,2,6-9,12-17H2,1,3-5H3/b20-10+,21-11-/t18?,22?,23-,24-,25?,27-/m1/s1. The number of aliphatic hydroxyl groups excluding tert-OH is 2. The minimum absolute atomic E-state index is 0.374. The van der Waals surface area contributed by atoms with Crippen LogP contribution in [0.2, 0.25) is 0 Å². The van der Waals surface area contributed by atoms with Crippen LogP contribution in [0.25, 0.3) is 0 Å². The molecule has 3 rings (SSSR count). The minimum Gasteiger partial charge on any atom is -0.393 e. The molecule has 0 aromatic rings. The molecule has 3 aliphatic rings. The molecule has 0 spiro atoms. The highest BCUT2D eigenvalue weighted by molar-refractivity contribution is 5.38. The highest BCUT2D eigenvalue weighted by Crippen LogP contribution is 2.60. The van der Waals surface area contributed by atoms with Crippen molar-refractivity contribution in [2.24, 2.45) is 23.2 Å². The molecule has 3 aliphatic carbocycles. The third kappa shape index (κ3) is 5.29. The summed E-state index contributed by atoms with van der Waals surface area (Å²) in [6.07, 6.45) is 13.9. The third-order valence-electron chi connectivity index (χ3n) is 8.44. The molecule has 3 heteroatoms. The van der Waals surface area contributed by atoms with Gasteiger partial charge in [-0.15, -0.1) is 0 Å². The summed E-state index contributed by atoms with van der Waals surface area (Å²) in [5, 5.41) is 30.2. The molecular weight excluding hydrogens is 372 g/mol. The first-order valence-electron chi connectivity index (χ1n) is 12.2. The fraction of sp³-hybridized carbons (Fsp3) is 0.778. The Labute approximate surface area is 184 Å². The van der Waals surface area contributed by atoms with Crippen molar-refractivity contribution in [3.8, 4) is 0 Å². The van der Waals surface area contributed by atoms with Crippen LogP contribution in [0.4, 0.5) is 0 Å². The molecular formula is C27H44O3. The first-order chi connectivity index (χ1) is 14.0. The van der Waals surface area contributed by atoms with Crippen LogP contribution in [0, 0.1) is 23.2 Å². The topological polar surface area (TPSA) is 60.7 Å². The molecule has 0 amide bonds. The summed E-state index contributed by atoms with van der Waals surface area (Å²) in [5.41, 5.74) is 3.17. The molecule has 3 N–H and O–H groups in total. The van der Waals surface area contributed by atoms with Crippen LogP contribution in [0.15, 0.2) is 35.5 Å². The number of hydrogen-bond acceptors (Lipinski definition) is 3. The summed E-state index contributed by atoms with van der Waals surface area (Å²) in [5.74, 6) is 2.11. The van der Waals surface area contributed by atoms with Gasteiger partial charge in [-0.1, -0.05) is 51.0 Å². The van der Waals surface area contributed by atoms with Crippen molar-refractivity contribution >= 4 is 0 Å². The van der Waals surface area contributed by atoms with Crippen LogP contribution in [0.1, 0.15) is 91.9 Å². The minimum atomic E-state index is -0.615. The second-order valence-corrected chi connectivity index (χ2v) is 11.3. The van der Waals surface area contributed by atoms with Crippen molar-refractivity contribution in [1.82, 2.24) is 0 Å². The molecule has 0 bridgehead atoms. The van der Waals surface area contributed by atoms with Gasteiger partial charge < -0.3 is 15.3 Å². The monoisotopic (exact) mass is 416 g/mol. The number of allylic oxidation sites excluding steroid dienone is 3. The lowest BCUT2D eigenvalue weighted by Crippen LogP contribution is -2.36. The van der Waals surface area contributed by atoms with E-state index in [1.54, 1.807) is 5.57 Å². The molecule has 3 fully saturated rings. The predicted molar refractivity (Wildman–Crippen MR) is 124 cm³/mol. The normalized spacial score (nSPS) is 38.8. The molecule has 3 unspecified atom stereocenters. The Hall–Kier alpha value is -0.900. The Bertz CT molecular complexity index is 683. The van der Waals surface area contributed by atoms with Gasteiger partial charge in [0, 0.05) is 6.42 Å². The Kier molecular flexibility index (Phi) is 7.37. The molecule has 0 aromatic heterocycles. The van der Waals surface area contributed by atoms with Gasteiger partial charge in [-0.3, -0.25) is 0 Å². The molecule has 3 saturated carbocycles. The van der Waals surface area contributed by atoms with E-state index in [1.165, 1.54) is 38.5 Å². The molecule has 3 nitrogen and oxygen atoms in total. The van der Waals surface area contributed by atoms with Gasteiger partial charge in [0.15, 0.2) is 0 Å². The maximum atomic E-state index is 10.1. The van der Waals surface area contributed by atoms with Gasteiger partial charge in [-0.05, 0) is 93.1 Å². The molecule has 6 atom stereocenters. The van der Waals surface area contributed by atoms with Crippen LogP contribution in [-0.2, 0) is 0 Å². The van der Waals surface area contributed by atoms with Crippen molar-refractivity contribution < 1.29 is 15.3 Å². The average Bonchev–Trinajstić information content (AvgIpc) is 3.00. The van der Waals surface area contributed by atoms with Gasteiger partial charge in [0.2, 0.25) is 0 Å². The van der Waals surface area contributed by atoms with E-state index in [9.17, 15) is 15.3 Å². The third-order valence-corrected chi connectivity index (χ3v) is 8.44. The zero-order valence-electron chi connectivity index (χ0n) is 19.7. The zero-order valence-corrected chi connectivity index (χ0v) is 19.7. The Morgan fingerprint density at radius 3 is 2.67 bits per heavy atom. The second kappa shape index (κ2) is 9.30. The first-order valence-corrected chi connectivity index (χ1v) is 12.2. The van der Waals surface area contributed by atoms with Crippen LogP contribution in [-0.4, -0.2) is 33.1 Å². The van der Waals surface area contributed by atoms with Crippen molar-refractivity contribution in [2.45, 2.75) is 110 Å². The van der Waals surface area contributed by atoms with Crippen molar-refractivity contribution in [2.75, 3.05) is 0 Å². The number of aliphatic hydroxyl groups is 3. The highest BCUT2D eigenvalue weighted by Gasteiger charge is 2.50. The molecule has 0 aliphatic heterocycles. The van der Waals surface area contributed by atoms with Gasteiger partial charge in [0.25, 0.3) is 0 Å². The van der Waals surface area contributed by atoms with Crippen molar-refractivity contribution in [1.29, 1.82) is 0 Å². The van der Waals surface area contributed by atoms with Crippen LogP contribution in [0.3, 0.4) is 0 Å². The van der Waals surface area contributed by atoms with E-state index in [-0.39, 0.29) is 0 Å². The SMILES string of the molecule is C=C1/C(=C\C=C2/CCC[C@@]3(C)[C@@H]2CC[C@@H]3C(C)CCCC(C)(C)O)CC(O)CC1O. The van der Waals surface area contributed by atoms with Crippen LogP contribution in [0.5, 0.6) is 0 Å². The fourth-order valence-corrected chi connectivity index (χ4v) is 6.74. The Balaban J connectivity index is 1.70. The van der Waals surface area contributed by atoms with Crippen molar-refractivity contribution in [3.05, 3.63) is 35.5 Å². The van der Waals surface area contributed by atoms with Gasteiger partial charge in [0.1, 0.15) is 0 Å². The lowest BCUT2D eigenvalue weighted by molar-refractivity contribution is 0.0596. The summed E-state index contributed by atoms with van der Waals surface area (Å²) in [6, 6.07) is 0. The van der Waals surface area contributed by atoms with E-state index >= 15 is 0 Å². The molecule has 30 heavy (non-hydrogen) atoms. The molecule has 0 saturated heterocycles. The summed E-state index contributed by atoms with van der Waals surface area (Å²) in [7, 11) is 0. The van der Waals surface area contributed by atoms with Gasteiger partial charge in [-0.25, -0.2) is 0 Å². The van der Waals surface area contributed by atoms with Crippen molar-refractivity contribution in [3.63, 3.8) is 0 Å². The lowest BCUT2D eigenvalue weighted by Gasteiger charge is -2.44. The quantitative estimate of drug-likeness (QED) is 0.520. The summed E-state index contributed by atoms with van der Waals surface area (Å²) in [4.78, 5) is 0. The highest BCUT2D eigenvalue weighted by atomic mass is 16.3.